The third-order valence-corrected chi connectivity index (χ3v) is 3.20. The standard InChI is InChI=1S/C14H14BrN3O2/c1-9-2-7-12(13(16)18-19)14(17-9)20-8-10-3-5-11(15)6-4-10/h2-7,19H,8H2,1H3,(H2,16,18). The van der Waals surface area contributed by atoms with Gasteiger partial charge in [0.25, 0.3) is 0 Å². The molecule has 6 heteroatoms. The number of rotatable bonds is 4. The average Bonchev–Trinajstić information content (AvgIpc) is 2.46. The van der Waals surface area contributed by atoms with Crippen molar-refractivity contribution in [3.05, 3.63) is 57.7 Å². The molecule has 0 fully saturated rings. The predicted octanol–water partition coefficient (Wildman–Crippen LogP) is 2.83. The van der Waals surface area contributed by atoms with Crippen LogP contribution < -0.4 is 10.5 Å². The van der Waals surface area contributed by atoms with E-state index in [-0.39, 0.29) is 5.84 Å². The van der Waals surface area contributed by atoms with E-state index in [9.17, 15) is 0 Å². The van der Waals surface area contributed by atoms with Crippen LogP contribution in [0.4, 0.5) is 0 Å². The number of pyridine rings is 1. The summed E-state index contributed by atoms with van der Waals surface area (Å²) in [4.78, 5) is 4.27. The van der Waals surface area contributed by atoms with E-state index < -0.39 is 0 Å². The smallest absolute Gasteiger partial charge is 0.225 e. The zero-order chi connectivity index (χ0) is 14.5. The summed E-state index contributed by atoms with van der Waals surface area (Å²) in [6.45, 7) is 2.21. The second-order valence-electron chi connectivity index (χ2n) is 4.21. The van der Waals surface area contributed by atoms with E-state index in [4.69, 9.17) is 15.7 Å². The third-order valence-electron chi connectivity index (χ3n) is 2.67. The Morgan fingerprint density at radius 3 is 2.65 bits per heavy atom. The number of nitrogens with two attached hydrogens (primary N) is 1. The van der Waals surface area contributed by atoms with E-state index in [2.05, 4.69) is 26.1 Å². The van der Waals surface area contributed by atoms with Crippen molar-refractivity contribution in [1.82, 2.24) is 4.98 Å². The van der Waals surface area contributed by atoms with E-state index in [0.29, 0.717) is 18.1 Å². The molecule has 0 spiro atoms. The third kappa shape index (κ3) is 3.48. The molecule has 1 aromatic heterocycles. The molecule has 3 N–H and O–H groups in total. The van der Waals surface area contributed by atoms with Gasteiger partial charge in [-0.15, -0.1) is 0 Å². The number of hydrogen-bond acceptors (Lipinski definition) is 4. The van der Waals surface area contributed by atoms with Gasteiger partial charge < -0.3 is 15.7 Å². The summed E-state index contributed by atoms with van der Waals surface area (Å²) < 4.78 is 6.68. The summed E-state index contributed by atoms with van der Waals surface area (Å²) in [5.74, 6) is 0.325. The van der Waals surface area contributed by atoms with E-state index in [0.717, 1.165) is 15.7 Å². The van der Waals surface area contributed by atoms with Crippen LogP contribution in [-0.2, 0) is 6.61 Å². The largest absolute Gasteiger partial charge is 0.472 e. The number of aromatic nitrogens is 1. The Hall–Kier alpha value is -2.08. The molecule has 2 rings (SSSR count). The maximum Gasteiger partial charge on any atom is 0.225 e. The van der Waals surface area contributed by atoms with E-state index in [1.54, 1.807) is 12.1 Å². The van der Waals surface area contributed by atoms with E-state index >= 15 is 0 Å². The summed E-state index contributed by atoms with van der Waals surface area (Å²) in [5.41, 5.74) is 7.87. The lowest BCUT2D eigenvalue weighted by Gasteiger charge is -2.10. The average molecular weight is 336 g/mol. The first-order valence-electron chi connectivity index (χ1n) is 5.93. The number of benzene rings is 1. The van der Waals surface area contributed by atoms with Crippen LogP contribution in [0.2, 0.25) is 0 Å². The number of aryl methyl sites for hydroxylation is 1. The number of halogens is 1. The van der Waals surface area contributed by atoms with Gasteiger partial charge in [-0.1, -0.05) is 33.2 Å². The lowest BCUT2D eigenvalue weighted by Crippen LogP contribution is -2.16. The molecule has 0 amide bonds. The molecule has 0 aliphatic carbocycles. The normalized spacial score (nSPS) is 11.4. The Morgan fingerprint density at radius 2 is 2.00 bits per heavy atom. The first-order valence-corrected chi connectivity index (χ1v) is 6.72. The van der Waals surface area contributed by atoms with Crippen molar-refractivity contribution in [3.8, 4) is 5.88 Å². The fraction of sp³-hybridized carbons (Fsp3) is 0.143. The number of amidine groups is 1. The fourth-order valence-corrected chi connectivity index (χ4v) is 1.89. The molecule has 0 aliphatic heterocycles. The quantitative estimate of drug-likeness (QED) is 0.389. The monoisotopic (exact) mass is 335 g/mol. The lowest BCUT2D eigenvalue weighted by molar-refractivity contribution is 0.291. The second-order valence-corrected chi connectivity index (χ2v) is 5.12. The Kier molecular flexibility index (Phi) is 4.57. The van der Waals surface area contributed by atoms with Gasteiger partial charge in [0.1, 0.15) is 6.61 Å². The Morgan fingerprint density at radius 1 is 1.30 bits per heavy atom. The van der Waals surface area contributed by atoms with Crippen molar-refractivity contribution in [1.29, 1.82) is 0 Å². The Labute approximate surface area is 125 Å². The molecule has 0 aliphatic rings. The van der Waals surface area contributed by atoms with Crippen molar-refractivity contribution in [3.63, 3.8) is 0 Å². The van der Waals surface area contributed by atoms with E-state index in [1.165, 1.54) is 0 Å². The zero-order valence-corrected chi connectivity index (χ0v) is 12.5. The molecule has 0 radical (unpaired) electrons. The van der Waals surface area contributed by atoms with Gasteiger partial charge in [-0.25, -0.2) is 4.98 Å². The van der Waals surface area contributed by atoms with Crippen LogP contribution in [0.3, 0.4) is 0 Å². The summed E-state index contributed by atoms with van der Waals surface area (Å²) in [6, 6.07) is 11.3. The zero-order valence-electron chi connectivity index (χ0n) is 10.9. The molecule has 104 valence electrons. The van der Waals surface area contributed by atoms with Crippen LogP contribution in [0.1, 0.15) is 16.8 Å². The van der Waals surface area contributed by atoms with Crippen LogP contribution in [0.15, 0.2) is 46.0 Å². The van der Waals surface area contributed by atoms with Crippen LogP contribution in [0.25, 0.3) is 0 Å². The minimum atomic E-state index is -0.0247. The number of nitrogens with zero attached hydrogens (tertiary/aromatic N) is 2. The highest BCUT2D eigenvalue weighted by Gasteiger charge is 2.10. The van der Waals surface area contributed by atoms with Gasteiger partial charge in [0.15, 0.2) is 5.84 Å². The lowest BCUT2D eigenvalue weighted by atomic mass is 10.2. The van der Waals surface area contributed by atoms with Crippen molar-refractivity contribution >= 4 is 21.8 Å². The maximum absolute atomic E-state index is 8.77. The van der Waals surface area contributed by atoms with Gasteiger partial charge in [-0.2, -0.15) is 0 Å². The topological polar surface area (TPSA) is 80.7 Å². The Balaban J connectivity index is 2.20. The summed E-state index contributed by atoms with van der Waals surface area (Å²) in [7, 11) is 0. The molecular formula is C14H14BrN3O2. The van der Waals surface area contributed by atoms with Gasteiger partial charge in [-0.3, -0.25) is 0 Å². The van der Waals surface area contributed by atoms with Crippen molar-refractivity contribution in [2.75, 3.05) is 0 Å². The highest BCUT2D eigenvalue weighted by molar-refractivity contribution is 9.10. The summed E-state index contributed by atoms with van der Waals surface area (Å²) in [6.07, 6.45) is 0. The SMILES string of the molecule is Cc1ccc(/C(N)=N/O)c(OCc2ccc(Br)cc2)n1. The van der Waals surface area contributed by atoms with Crippen LogP contribution in [0, 0.1) is 6.92 Å². The van der Waals surface area contributed by atoms with Crippen LogP contribution >= 0.6 is 15.9 Å². The van der Waals surface area contributed by atoms with Gasteiger partial charge in [0.05, 0.1) is 5.56 Å². The van der Waals surface area contributed by atoms with E-state index in [1.807, 2.05) is 31.2 Å². The molecule has 0 atom stereocenters. The molecule has 0 saturated heterocycles. The fourth-order valence-electron chi connectivity index (χ4n) is 1.62. The van der Waals surface area contributed by atoms with Crippen molar-refractivity contribution < 1.29 is 9.94 Å². The first-order chi connectivity index (χ1) is 9.60. The number of oxime groups is 1. The minimum Gasteiger partial charge on any atom is -0.472 e. The molecule has 0 bridgehead atoms. The van der Waals surface area contributed by atoms with Gasteiger partial charge in [0, 0.05) is 10.2 Å². The van der Waals surface area contributed by atoms with Gasteiger partial charge >= 0.3 is 0 Å². The highest BCUT2D eigenvalue weighted by atomic mass is 79.9. The van der Waals surface area contributed by atoms with Crippen LogP contribution in [0.5, 0.6) is 5.88 Å². The van der Waals surface area contributed by atoms with Crippen molar-refractivity contribution in [2.24, 2.45) is 10.9 Å². The number of hydrogen-bond donors (Lipinski definition) is 2. The number of ether oxygens (including phenoxy) is 1. The molecule has 5 nitrogen and oxygen atoms in total. The molecule has 1 aromatic carbocycles. The van der Waals surface area contributed by atoms with Crippen LogP contribution in [-0.4, -0.2) is 16.0 Å². The molecule has 20 heavy (non-hydrogen) atoms. The van der Waals surface area contributed by atoms with Gasteiger partial charge in [0.2, 0.25) is 5.88 Å². The summed E-state index contributed by atoms with van der Waals surface area (Å²) >= 11 is 3.38. The molecule has 2 aromatic rings. The first kappa shape index (κ1) is 14.3. The molecule has 0 saturated carbocycles. The Bertz CT molecular complexity index is 627. The maximum atomic E-state index is 8.77. The molecule has 0 unspecified atom stereocenters. The van der Waals surface area contributed by atoms with Crippen molar-refractivity contribution in [2.45, 2.75) is 13.5 Å². The second kappa shape index (κ2) is 6.38. The summed E-state index contributed by atoms with van der Waals surface area (Å²) in [5, 5.41) is 11.8. The minimum absolute atomic E-state index is 0.0247. The highest BCUT2D eigenvalue weighted by Crippen LogP contribution is 2.18. The molecule has 1 heterocycles. The molecular weight excluding hydrogens is 322 g/mol. The van der Waals surface area contributed by atoms with Gasteiger partial charge in [-0.05, 0) is 36.8 Å². The predicted molar refractivity (Wildman–Crippen MR) is 80.0 cm³/mol.